The van der Waals surface area contributed by atoms with Gasteiger partial charge in [-0.05, 0) is 26.8 Å². The van der Waals surface area contributed by atoms with E-state index in [2.05, 4.69) is 20.7 Å². The Labute approximate surface area is 106 Å². The summed E-state index contributed by atoms with van der Waals surface area (Å²) in [6.45, 7) is 6.02. The minimum atomic E-state index is 0.676. The van der Waals surface area contributed by atoms with Gasteiger partial charge in [0, 0.05) is 10.8 Å². The largest absolute Gasteiger partial charge is 0.259 e. The SMILES string of the molecule is CC(C)=C/C(C)=N\Nc1nncc2ccccc12. The van der Waals surface area contributed by atoms with E-state index in [1.165, 1.54) is 5.57 Å². The standard InChI is InChI=1S/C14H16N4/c1-10(2)8-11(3)16-18-14-13-7-5-4-6-12(13)9-15-17-14/h4-9H,1-3H3,(H,17,18)/b16-11-. The Bertz CT molecular complexity index is 605. The van der Waals surface area contributed by atoms with Crippen LogP contribution in [0.25, 0.3) is 10.8 Å². The number of benzene rings is 1. The van der Waals surface area contributed by atoms with Crippen LogP contribution in [0.3, 0.4) is 0 Å². The molecule has 0 unspecified atom stereocenters. The molecule has 0 spiro atoms. The number of rotatable bonds is 3. The second-order valence-corrected chi connectivity index (χ2v) is 4.37. The van der Waals surface area contributed by atoms with Crippen LogP contribution in [0, 0.1) is 0 Å². The van der Waals surface area contributed by atoms with Gasteiger partial charge < -0.3 is 0 Å². The smallest absolute Gasteiger partial charge is 0.176 e. The fraction of sp³-hybridized carbons (Fsp3) is 0.214. The molecule has 0 radical (unpaired) electrons. The number of aromatic nitrogens is 2. The van der Waals surface area contributed by atoms with E-state index >= 15 is 0 Å². The summed E-state index contributed by atoms with van der Waals surface area (Å²) >= 11 is 0. The maximum Gasteiger partial charge on any atom is 0.176 e. The lowest BCUT2D eigenvalue weighted by Gasteiger charge is -2.03. The molecule has 0 aliphatic carbocycles. The van der Waals surface area contributed by atoms with Crippen molar-refractivity contribution in [2.24, 2.45) is 5.10 Å². The third-order valence-corrected chi connectivity index (χ3v) is 2.41. The first kappa shape index (κ1) is 12.2. The van der Waals surface area contributed by atoms with Crippen LogP contribution in [0.1, 0.15) is 20.8 Å². The van der Waals surface area contributed by atoms with E-state index in [4.69, 9.17) is 0 Å². The van der Waals surface area contributed by atoms with Gasteiger partial charge in [-0.15, -0.1) is 5.10 Å². The molecule has 0 atom stereocenters. The van der Waals surface area contributed by atoms with Crippen LogP contribution < -0.4 is 5.43 Å². The van der Waals surface area contributed by atoms with Crippen LogP contribution >= 0.6 is 0 Å². The number of anilines is 1. The average molecular weight is 240 g/mol. The highest BCUT2D eigenvalue weighted by Gasteiger charge is 2.00. The number of hydrazone groups is 1. The molecule has 0 amide bonds. The van der Waals surface area contributed by atoms with Gasteiger partial charge in [0.25, 0.3) is 0 Å². The first-order valence-electron chi connectivity index (χ1n) is 5.82. The topological polar surface area (TPSA) is 50.2 Å². The summed E-state index contributed by atoms with van der Waals surface area (Å²) in [5, 5.41) is 14.4. The molecule has 1 heterocycles. The molecule has 18 heavy (non-hydrogen) atoms. The lowest BCUT2D eigenvalue weighted by Crippen LogP contribution is -1.99. The summed E-state index contributed by atoms with van der Waals surface area (Å²) in [6.07, 6.45) is 3.75. The molecule has 2 aromatic rings. The maximum absolute atomic E-state index is 4.27. The monoisotopic (exact) mass is 240 g/mol. The molecule has 0 saturated heterocycles. The highest BCUT2D eigenvalue weighted by Crippen LogP contribution is 2.18. The van der Waals surface area contributed by atoms with Crippen molar-refractivity contribution >= 4 is 22.3 Å². The number of allylic oxidation sites excluding steroid dienone is 2. The number of hydrogen-bond donors (Lipinski definition) is 1. The molecular formula is C14H16N4. The van der Waals surface area contributed by atoms with Crippen LogP contribution in [0.2, 0.25) is 0 Å². The van der Waals surface area contributed by atoms with E-state index in [-0.39, 0.29) is 0 Å². The van der Waals surface area contributed by atoms with Gasteiger partial charge >= 0.3 is 0 Å². The lowest BCUT2D eigenvalue weighted by molar-refractivity contribution is 1.04. The molecule has 92 valence electrons. The maximum atomic E-state index is 4.27. The second-order valence-electron chi connectivity index (χ2n) is 4.37. The van der Waals surface area contributed by atoms with Crippen molar-refractivity contribution in [3.63, 3.8) is 0 Å². The van der Waals surface area contributed by atoms with Crippen molar-refractivity contribution in [1.82, 2.24) is 10.2 Å². The molecule has 1 aromatic carbocycles. The zero-order valence-corrected chi connectivity index (χ0v) is 10.8. The van der Waals surface area contributed by atoms with E-state index in [0.29, 0.717) is 5.82 Å². The lowest BCUT2D eigenvalue weighted by atomic mass is 10.2. The first-order chi connectivity index (χ1) is 8.66. The fourth-order valence-electron chi connectivity index (χ4n) is 1.70. The highest BCUT2D eigenvalue weighted by atomic mass is 15.3. The van der Waals surface area contributed by atoms with Crippen LogP contribution in [0.5, 0.6) is 0 Å². The molecule has 0 aliphatic heterocycles. The Morgan fingerprint density at radius 1 is 1.22 bits per heavy atom. The second kappa shape index (κ2) is 5.40. The number of nitrogens with one attached hydrogen (secondary N) is 1. The van der Waals surface area contributed by atoms with Crippen molar-refractivity contribution in [1.29, 1.82) is 0 Å². The fourth-order valence-corrected chi connectivity index (χ4v) is 1.70. The molecule has 1 aromatic heterocycles. The van der Waals surface area contributed by atoms with Crippen LogP contribution in [-0.2, 0) is 0 Å². The minimum absolute atomic E-state index is 0.676. The highest BCUT2D eigenvalue weighted by molar-refractivity contribution is 5.95. The zero-order chi connectivity index (χ0) is 13.0. The van der Waals surface area contributed by atoms with Gasteiger partial charge in [0.2, 0.25) is 0 Å². The van der Waals surface area contributed by atoms with Crippen molar-refractivity contribution in [3.05, 3.63) is 42.1 Å². The zero-order valence-electron chi connectivity index (χ0n) is 10.8. The van der Waals surface area contributed by atoms with Crippen molar-refractivity contribution < 1.29 is 0 Å². The summed E-state index contributed by atoms with van der Waals surface area (Å²) < 4.78 is 0. The Kier molecular flexibility index (Phi) is 3.67. The van der Waals surface area contributed by atoms with Crippen LogP contribution in [-0.4, -0.2) is 15.9 Å². The third kappa shape index (κ3) is 2.91. The Morgan fingerprint density at radius 3 is 2.78 bits per heavy atom. The van der Waals surface area contributed by atoms with Gasteiger partial charge in [-0.2, -0.15) is 10.2 Å². The average Bonchev–Trinajstić information content (AvgIpc) is 2.35. The molecule has 1 N–H and O–H groups in total. The number of fused-ring (bicyclic) bond motifs is 1. The predicted molar refractivity (Wildman–Crippen MR) is 75.7 cm³/mol. The summed E-state index contributed by atoms with van der Waals surface area (Å²) in [6, 6.07) is 7.95. The minimum Gasteiger partial charge on any atom is -0.259 e. The van der Waals surface area contributed by atoms with Crippen LogP contribution in [0.4, 0.5) is 5.82 Å². The van der Waals surface area contributed by atoms with E-state index in [0.717, 1.165) is 16.5 Å². The van der Waals surface area contributed by atoms with Gasteiger partial charge in [-0.25, -0.2) is 0 Å². The predicted octanol–water partition coefficient (Wildman–Crippen LogP) is 3.38. The van der Waals surface area contributed by atoms with Crippen LogP contribution in [0.15, 0.2) is 47.2 Å². The first-order valence-corrected chi connectivity index (χ1v) is 5.82. The molecule has 4 heteroatoms. The normalized spacial score (nSPS) is 11.4. The summed E-state index contributed by atoms with van der Waals surface area (Å²) in [4.78, 5) is 0. The van der Waals surface area contributed by atoms with E-state index < -0.39 is 0 Å². The molecular weight excluding hydrogens is 224 g/mol. The van der Waals surface area contributed by atoms with Gasteiger partial charge in [0.15, 0.2) is 5.82 Å². The van der Waals surface area contributed by atoms with E-state index in [9.17, 15) is 0 Å². The molecule has 0 fully saturated rings. The number of nitrogens with zero attached hydrogens (tertiary/aromatic N) is 3. The number of hydrogen-bond acceptors (Lipinski definition) is 4. The summed E-state index contributed by atoms with van der Waals surface area (Å²) in [5.74, 6) is 0.676. The molecule has 0 aliphatic rings. The van der Waals surface area contributed by atoms with Gasteiger partial charge in [0.05, 0.1) is 11.9 Å². The van der Waals surface area contributed by atoms with Gasteiger partial charge in [-0.3, -0.25) is 5.43 Å². The van der Waals surface area contributed by atoms with E-state index in [1.807, 2.05) is 51.1 Å². The molecule has 0 saturated carbocycles. The Balaban J connectivity index is 2.30. The van der Waals surface area contributed by atoms with Crippen molar-refractivity contribution in [2.75, 3.05) is 5.43 Å². The van der Waals surface area contributed by atoms with Gasteiger partial charge in [0.1, 0.15) is 0 Å². The van der Waals surface area contributed by atoms with Gasteiger partial charge in [-0.1, -0.05) is 29.8 Å². The summed E-state index contributed by atoms with van der Waals surface area (Å²) in [5.41, 5.74) is 5.08. The quantitative estimate of drug-likeness (QED) is 0.661. The molecule has 0 bridgehead atoms. The Hall–Kier alpha value is -2.23. The van der Waals surface area contributed by atoms with E-state index in [1.54, 1.807) is 6.20 Å². The molecule has 4 nitrogen and oxygen atoms in total. The molecule has 2 rings (SSSR count). The summed E-state index contributed by atoms with van der Waals surface area (Å²) in [7, 11) is 0. The van der Waals surface area contributed by atoms with Crippen molar-refractivity contribution in [2.45, 2.75) is 20.8 Å². The van der Waals surface area contributed by atoms with Crippen molar-refractivity contribution in [3.8, 4) is 0 Å². The Morgan fingerprint density at radius 2 is 2.00 bits per heavy atom. The third-order valence-electron chi connectivity index (χ3n) is 2.41.